The summed E-state index contributed by atoms with van der Waals surface area (Å²) in [6.07, 6.45) is -4.85. The zero-order valence-electron chi connectivity index (χ0n) is 10.6. The first-order valence-electron chi connectivity index (χ1n) is 5.56. The van der Waals surface area contributed by atoms with E-state index in [2.05, 4.69) is 0 Å². The van der Waals surface area contributed by atoms with Crippen LogP contribution in [-0.2, 0) is 4.79 Å². The van der Waals surface area contributed by atoms with Gasteiger partial charge in [-0.3, -0.25) is 0 Å². The molecule has 19 heavy (non-hydrogen) atoms. The molecule has 0 fully saturated rings. The molecular formula is C10H17F3N2O4. The number of carboxylic acids is 1. The summed E-state index contributed by atoms with van der Waals surface area (Å²) in [4.78, 5) is 22.8. The third-order valence-electron chi connectivity index (χ3n) is 2.25. The van der Waals surface area contributed by atoms with E-state index in [1.807, 2.05) is 5.32 Å². The molecule has 0 radical (unpaired) electrons. The molecule has 0 rings (SSSR count). The van der Waals surface area contributed by atoms with Gasteiger partial charge >= 0.3 is 18.2 Å². The molecule has 0 saturated carbocycles. The maximum atomic E-state index is 12.3. The van der Waals surface area contributed by atoms with E-state index in [1.165, 1.54) is 13.8 Å². The second-order valence-corrected chi connectivity index (χ2v) is 4.19. The fraction of sp³-hybridized carbons (Fsp3) is 0.800. The van der Waals surface area contributed by atoms with Gasteiger partial charge in [0.2, 0.25) is 0 Å². The van der Waals surface area contributed by atoms with Crippen molar-refractivity contribution in [1.29, 1.82) is 0 Å². The van der Waals surface area contributed by atoms with Crippen LogP contribution in [0.4, 0.5) is 18.0 Å². The number of carbonyl (C=O) groups is 2. The van der Waals surface area contributed by atoms with Gasteiger partial charge in [-0.1, -0.05) is 0 Å². The number of halogens is 3. The Bertz CT molecular complexity index is 320. The van der Waals surface area contributed by atoms with Crippen LogP contribution >= 0.6 is 0 Å². The molecule has 0 bridgehead atoms. The van der Waals surface area contributed by atoms with Crippen LogP contribution in [0, 0.1) is 0 Å². The second kappa shape index (κ2) is 7.17. The number of rotatable bonds is 6. The van der Waals surface area contributed by atoms with Crippen LogP contribution in [0.25, 0.3) is 0 Å². The maximum Gasteiger partial charge on any atom is 0.406 e. The normalized spacial score (nSPS) is 13.2. The summed E-state index contributed by atoms with van der Waals surface area (Å²) >= 11 is 0. The fourth-order valence-corrected chi connectivity index (χ4v) is 1.30. The average molecular weight is 286 g/mol. The first-order valence-corrected chi connectivity index (χ1v) is 5.56. The Hall–Kier alpha value is -1.51. The number of carbonyl (C=O) groups excluding carboxylic acids is 1. The first kappa shape index (κ1) is 17.5. The molecule has 0 spiro atoms. The maximum absolute atomic E-state index is 12.3. The summed E-state index contributed by atoms with van der Waals surface area (Å²) in [5.41, 5.74) is 0. The molecular weight excluding hydrogens is 269 g/mol. The number of hydrogen-bond acceptors (Lipinski definition) is 3. The Kier molecular flexibility index (Phi) is 6.60. The highest BCUT2D eigenvalue weighted by molar-refractivity contribution is 5.82. The van der Waals surface area contributed by atoms with Crippen molar-refractivity contribution in [3.63, 3.8) is 0 Å². The van der Waals surface area contributed by atoms with E-state index in [9.17, 15) is 22.8 Å². The molecule has 0 heterocycles. The van der Waals surface area contributed by atoms with Gasteiger partial charge in [0, 0.05) is 19.1 Å². The number of aliphatic hydroxyl groups is 1. The summed E-state index contributed by atoms with van der Waals surface area (Å²) in [5, 5.41) is 19.3. The molecule has 6 nitrogen and oxygen atoms in total. The lowest BCUT2D eigenvalue weighted by atomic mass is 10.2. The van der Waals surface area contributed by atoms with Gasteiger partial charge in [-0.2, -0.15) is 13.2 Å². The van der Waals surface area contributed by atoms with Crippen LogP contribution in [0.1, 0.15) is 20.3 Å². The third kappa shape index (κ3) is 6.85. The van der Waals surface area contributed by atoms with Crippen molar-refractivity contribution in [2.75, 3.05) is 13.2 Å². The van der Waals surface area contributed by atoms with E-state index < -0.39 is 43.4 Å². The lowest BCUT2D eigenvalue weighted by Crippen LogP contribution is -2.52. The Morgan fingerprint density at radius 2 is 1.84 bits per heavy atom. The van der Waals surface area contributed by atoms with E-state index >= 15 is 0 Å². The zero-order valence-corrected chi connectivity index (χ0v) is 10.6. The van der Waals surface area contributed by atoms with Crippen LogP contribution < -0.4 is 5.32 Å². The van der Waals surface area contributed by atoms with Crippen LogP contribution in [0.2, 0.25) is 0 Å². The number of carboxylic acid groups (broad SMARTS) is 1. The van der Waals surface area contributed by atoms with E-state index in [-0.39, 0.29) is 6.42 Å². The van der Waals surface area contributed by atoms with E-state index in [4.69, 9.17) is 10.2 Å². The minimum Gasteiger partial charge on any atom is -0.480 e. The van der Waals surface area contributed by atoms with Crippen molar-refractivity contribution >= 4 is 12.0 Å². The number of nitrogens with one attached hydrogen (secondary N) is 1. The van der Waals surface area contributed by atoms with Crippen LogP contribution in [0.3, 0.4) is 0 Å². The molecule has 112 valence electrons. The highest BCUT2D eigenvalue weighted by atomic mass is 19.4. The van der Waals surface area contributed by atoms with Crippen molar-refractivity contribution in [2.45, 2.75) is 38.5 Å². The predicted molar refractivity (Wildman–Crippen MR) is 59.6 cm³/mol. The van der Waals surface area contributed by atoms with Gasteiger partial charge in [-0.15, -0.1) is 0 Å². The molecule has 0 saturated heterocycles. The molecule has 0 aliphatic carbocycles. The zero-order chi connectivity index (χ0) is 15.2. The Labute approximate surface area is 108 Å². The topological polar surface area (TPSA) is 89.9 Å². The summed E-state index contributed by atoms with van der Waals surface area (Å²) in [7, 11) is 0. The van der Waals surface area contributed by atoms with Crippen LogP contribution in [0.15, 0.2) is 0 Å². The van der Waals surface area contributed by atoms with Crippen molar-refractivity contribution < 1.29 is 33.0 Å². The molecule has 0 aromatic carbocycles. The van der Waals surface area contributed by atoms with E-state index in [0.29, 0.717) is 4.90 Å². The van der Waals surface area contributed by atoms with Crippen molar-refractivity contribution in [3.8, 4) is 0 Å². The van der Waals surface area contributed by atoms with Gasteiger partial charge in [0.05, 0.1) is 0 Å². The van der Waals surface area contributed by atoms with E-state index in [1.54, 1.807) is 0 Å². The quantitative estimate of drug-likeness (QED) is 0.674. The van der Waals surface area contributed by atoms with E-state index in [0.717, 1.165) is 0 Å². The van der Waals surface area contributed by atoms with Crippen LogP contribution in [-0.4, -0.2) is 58.5 Å². The molecule has 3 N–H and O–H groups in total. The lowest BCUT2D eigenvalue weighted by Gasteiger charge is -2.29. The summed E-state index contributed by atoms with van der Waals surface area (Å²) in [6, 6.07) is -3.30. The Morgan fingerprint density at radius 3 is 2.16 bits per heavy atom. The average Bonchev–Trinajstić information content (AvgIpc) is 2.23. The molecule has 9 heteroatoms. The number of nitrogens with zero attached hydrogens (tertiary/aromatic N) is 1. The Morgan fingerprint density at radius 1 is 1.32 bits per heavy atom. The number of aliphatic carboxylic acids is 1. The number of aliphatic hydroxyl groups excluding tert-OH is 1. The molecule has 0 aliphatic heterocycles. The summed E-state index contributed by atoms with van der Waals surface area (Å²) in [5.74, 6) is -1.42. The standard InChI is InChI=1S/C10H17F3N2O4/c1-6(2)15(5-10(11,12)13)9(19)14-7(3-4-16)8(17)18/h6-7,16H,3-5H2,1-2H3,(H,14,19)(H,17,18)/t7-/m0/s1. The largest absolute Gasteiger partial charge is 0.480 e. The molecule has 0 aromatic heterocycles. The third-order valence-corrected chi connectivity index (χ3v) is 2.25. The second-order valence-electron chi connectivity index (χ2n) is 4.19. The SMILES string of the molecule is CC(C)N(CC(F)(F)F)C(=O)N[C@@H](CCO)C(=O)O. The minimum atomic E-state index is -4.57. The highest BCUT2D eigenvalue weighted by Crippen LogP contribution is 2.18. The molecule has 1 atom stereocenters. The van der Waals surface area contributed by atoms with Crippen LogP contribution in [0.5, 0.6) is 0 Å². The number of alkyl halides is 3. The monoisotopic (exact) mass is 286 g/mol. The Balaban J connectivity index is 4.76. The summed E-state index contributed by atoms with van der Waals surface area (Å²) in [6.45, 7) is 0.792. The first-order chi connectivity index (χ1) is 8.58. The van der Waals surface area contributed by atoms with Crippen molar-refractivity contribution in [3.05, 3.63) is 0 Å². The minimum absolute atomic E-state index is 0.279. The van der Waals surface area contributed by atoms with Gasteiger partial charge in [0.15, 0.2) is 0 Å². The smallest absolute Gasteiger partial charge is 0.406 e. The lowest BCUT2D eigenvalue weighted by molar-refractivity contribution is -0.143. The molecule has 0 aliphatic rings. The molecule has 2 amide bonds. The number of amides is 2. The van der Waals surface area contributed by atoms with Gasteiger partial charge in [-0.05, 0) is 13.8 Å². The number of hydrogen-bond donors (Lipinski definition) is 3. The van der Waals surface area contributed by atoms with Gasteiger partial charge < -0.3 is 20.4 Å². The fourth-order valence-electron chi connectivity index (χ4n) is 1.30. The van der Waals surface area contributed by atoms with Crippen molar-refractivity contribution in [1.82, 2.24) is 10.2 Å². The highest BCUT2D eigenvalue weighted by Gasteiger charge is 2.35. The van der Waals surface area contributed by atoms with Gasteiger partial charge in [0.25, 0.3) is 0 Å². The predicted octanol–water partition coefficient (Wildman–Crippen LogP) is 0.804. The molecule has 0 unspecified atom stereocenters. The number of urea groups is 1. The van der Waals surface area contributed by atoms with Gasteiger partial charge in [0.1, 0.15) is 12.6 Å². The molecule has 0 aromatic rings. The van der Waals surface area contributed by atoms with Gasteiger partial charge in [-0.25, -0.2) is 9.59 Å². The van der Waals surface area contributed by atoms with Crippen molar-refractivity contribution in [2.24, 2.45) is 0 Å². The summed E-state index contributed by atoms with van der Waals surface area (Å²) < 4.78 is 36.9.